The number of alkyl carbamates (subject to hydrolysis) is 1. The van der Waals surface area contributed by atoms with E-state index in [1.165, 1.54) is 11.3 Å². The van der Waals surface area contributed by atoms with Crippen molar-refractivity contribution in [2.75, 3.05) is 11.9 Å². The van der Waals surface area contributed by atoms with Crippen LogP contribution in [0.1, 0.15) is 20.8 Å². The monoisotopic (exact) mass is 307 g/mol. The van der Waals surface area contributed by atoms with Gasteiger partial charge in [0.25, 0.3) is 0 Å². The highest BCUT2D eigenvalue weighted by Crippen LogP contribution is 2.28. The molecule has 0 aliphatic carbocycles. The third-order valence-corrected chi connectivity index (χ3v) is 3.38. The van der Waals surface area contributed by atoms with Gasteiger partial charge < -0.3 is 15.4 Å². The van der Waals surface area contributed by atoms with Crippen LogP contribution in [-0.4, -0.2) is 29.1 Å². The lowest BCUT2D eigenvalue weighted by atomic mass is 10.2. The fraction of sp³-hybridized carbons (Fsp3) is 0.357. The largest absolute Gasteiger partial charge is 0.444 e. The van der Waals surface area contributed by atoms with E-state index in [0.717, 1.165) is 10.1 Å². The molecule has 2 heterocycles. The molecule has 112 valence electrons. The van der Waals surface area contributed by atoms with Crippen LogP contribution in [0.5, 0.6) is 0 Å². The van der Waals surface area contributed by atoms with E-state index in [4.69, 9.17) is 4.74 Å². The molecular weight excluding hydrogens is 290 g/mol. The Bertz CT molecular complexity index is 661. The van der Waals surface area contributed by atoms with Crippen LogP contribution in [0.3, 0.4) is 0 Å². The molecular formula is C14H17N3O3S. The second kappa shape index (κ2) is 6.09. The van der Waals surface area contributed by atoms with Crippen molar-refractivity contribution in [3.05, 3.63) is 23.8 Å². The lowest BCUT2D eigenvalue weighted by Gasteiger charge is -2.19. The SMILES string of the molecule is CC(C)(C)OC(=O)NCC(=O)Nc1csc2cnccc12. The number of amides is 2. The summed E-state index contributed by atoms with van der Waals surface area (Å²) in [5, 5.41) is 7.95. The Hall–Kier alpha value is -2.15. The molecule has 0 fully saturated rings. The summed E-state index contributed by atoms with van der Waals surface area (Å²) in [6, 6.07) is 1.84. The van der Waals surface area contributed by atoms with Crippen molar-refractivity contribution < 1.29 is 14.3 Å². The Morgan fingerprint density at radius 2 is 2.14 bits per heavy atom. The van der Waals surface area contributed by atoms with E-state index in [-0.39, 0.29) is 12.5 Å². The van der Waals surface area contributed by atoms with Crippen LogP contribution in [0.25, 0.3) is 10.1 Å². The number of rotatable bonds is 3. The highest BCUT2D eigenvalue weighted by Gasteiger charge is 2.16. The first kappa shape index (κ1) is 15.2. The molecule has 0 spiro atoms. The van der Waals surface area contributed by atoms with Gasteiger partial charge in [-0.05, 0) is 26.8 Å². The zero-order chi connectivity index (χ0) is 15.5. The fourth-order valence-corrected chi connectivity index (χ4v) is 2.50. The van der Waals surface area contributed by atoms with Crippen LogP contribution in [0, 0.1) is 0 Å². The molecule has 0 aromatic carbocycles. The molecule has 0 aliphatic rings. The van der Waals surface area contributed by atoms with Crippen molar-refractivity contribution in [3.63, 3.8) is 0 Å². The second-order valence-corrected chi connectivity index (χ2v) is 6.34. The molecule has 0 radical (unpaired) electrons. The van der Waals surface area contributed by atoms with Crippen LogP contribution >= 0.6 is 11.3 Å². The smallest absolute Gasteiger partial charge is 0.408 e. The van der Waals surface area contributed by atoms with Gasteiger partial charge in [0.15, 0.2) is 0 Å². The number of anilines is 1. The molecule has 2 N–H and O–H groups in total. The Labute approximate surface area is 126 Å². The van der Waals surface area contributed by atoms with E-state index in [9.17, 15) is 9.59 Å². The van der Waals surface area contributed by atoms with E-state index in [0.29, 0.717) is 5.69 Å². The molecule has 2 aromatic rings. The molecule has 7 heteroatoms. The summed E-state index contributed by atoms with van der Waals surface area (Å²) in [7, 11) is 0. The van der Waals surface area contributed by atoms with E-state index >= 15 is 0 Å². The average Bonchev–Trinajstić information content (AvgIpc) is 2.78. The number of ether oxygens (including phenoxy) is 1. The first-order chi connectivity index (χ1) is 9.85. The van der Waals surface area contributed by atoms with Gasteiger partial charge in [0.1, 0.15) is 12.1 Å². The molecule has 21 heavy (non-hydrogen) atoms. The van der Waals surface area contributed by atoms with Gasteiger partial charge in [-0.2, -0.15) is 0 Å². The highest BCUT2D eigenvalue weighted by atomic mass is 32.1. The number of fused-ring (bicyclic) bond motifs is 1. The first-order valence-electron chi connectivity index (χ1n) is 6.43. The van der Waals surface area contributed by atoms with E-state index in [1.807, 2.05) is 11.4 Å². The molecule has 2 aromatic heterocycles. The lowest BCUT2D eigenvalue weighted by Crippen LogP contribution is -2.37. The van der Waals surface area contributed by atoms with Gasteiger partial charge in [-0.3, -0.25) is 9.78 Å². The number of nitrogens with zero attached hydrogens (tertiary/aromatic N) is 1. The van der Waals surface area contributed by atoms with Crippen LogP contribution in [0.2, 0.25) is 0 Å². The van der Waals surface area contributed by atoms with Crippen LogP contribution < -0.4 is 10.6 Å². The average molecular weight is 307 g/mol. The van der Waals surface area contributed by atoms with Crippen LogP contribution in [-0.2, 0) is 9.53 Å². The number of aromatic nitrogens is 1. The topological polar surface area (TPSA) is 80.3 Å². The first-order valence-corrected chi connectivity index (χ1v) is 7.31. The molecule has 6 nitrogen and oxygen atoms in total. The maximum absolute atomic E-state index is 11.8. The summed E-state index contributed by atoms with van der Waals surface area (Å²) >= 11 is 1.50. The summed E-state index contributed by atoms with van der Waals surface area (Å²) in [6.45, 7) is 5.14. The molecule has 2 rings (SSSR count). The summed E-state index contributed by atoms with van der Waals surface area (Å²) < 4.78 is 6.05. The molecule has 0 bridgehead atoms. The zero-order valence-corrected chi connectivity index (χ0v) is 12.9. The van der Waals surface area contributed by atoms with Crippen molar-refractivity contribution in [1.29, 1.82) is 0 Å². The van der Waals surface area contributed by atoms with Gasteiger partial charge in [-0.25, -0.2) is 4.79 Å². The zero-order valence-electron chi connectivity index (χ0n) is 12.1. The Balaban J connectivity index is 1.89. The Morgan fingerprint density at radius 3 is 2.86 bits per heavy atom. The predicted molar refractivity (Wildman–Crippen MR) is 82.5 cm³/mol. The van der Waals surface area contributed by atoms with Gasteiger partial charge in [0.2, 0.25) is 5.91 Å². The van der Waals surface area contributed by atoms with Gasteiger partial charge >= 0.3 is 6.09 Å². The summed E-state index contributed by atoms with van der Waals surface area (Å²) in [5.41, 5.74) is 0.130. The lowest BCUT2D eigenvalue weighted by molar-refractivity contribution is -0.115. The summed E-state index contributed by atoms with van der Waals surface area (Å²) in [5.74, 6) is -0.308. The van der Waals surface area contributed by atoms with Crippen molar-refractivity contribution in [2.45, 2.75) is 26.4 Å². The number of carbonyl (C=O) groups is 2. The minimum atomic E-state index is -0.614. The number of hydrogen-bond donors (Lipinski definition) is 2. The summed E-state index contributed by atoms with van der Waals surface area (Å²) in [4.78, 5) is 27.3. The van der Waals surface area contributed by atoms with E-state index in [2.05, 4.69) is 15.6 Å². The molecule has 0 saturated carbocycles. The minimum absolute atomic E-state index is 0.142. The Kier molecular flexibility index (Phi) is 4.42. The predicted octanol–water partition coefficient (Wildman–Crippen LogP) is 2.76. The van der Waals surface area contributed by atoms with Gasteiger partial charge in [0, 0.05) is 23.2 Å². The van der Waals surface area contributed by atoms with Crippen LogP contribution in [0.15, 0.2) is 23.8 Å². The normalized spacial score (nSPS) is 11.2. The number of thiophene rings is 1. The van der Waals surface area contributed by atoms with Crippen molar-refractivity contribution >= 4 is 39.1 Å². The molecule has 0 atom stereocenters. The number of hydrogen-bond acceptors (Lipinski definition) is 5. The minimum Gasteiger partial charge on any atom is -0.444 e. The van der Waals surface area contributed by atoms with Crippen molar-refractivity contribution in [2.24, 2.45) is 0 Å². The van der Waals surface area contributed by atoms with Gasteiger partial charge in [-0.1, -0.05) is 0 Å². The van der Waals surface area contributed by atoms with Crippen molar-refractivity contribution in [1.82, 2.24) is 10.3 Å². The van der Waals surface area contributed by atoms with Gasteiger partial charge in [-0.15, -0.1) is 11.3 Å². The van der Waals surface area contributed by atoms with Gasteiger partial charge in [0.05, 0.1) is 10.4 Å². The number of pyridine rings is 1. The fourth-order valence-electron chi connectivity index (χ4n) is 1.64. The third-order valence-electron chi connectivity index (χ3n) is 2.44. The Morgan fingerprint density at radius 1 is 1.38 bits per heavy atom. The molecule has 2 amide bonds. The number of carbonyl (C=O) groups excluding carboxylic acids is 2. The maximum Gasteiger partial charge on any atom is 0.408 e. The molecule has 0 unspecified atom stereocenters. The number of nitrogens with one attached hydrogen (secondary N) is 2. The molecule has 0 aliphatic heterocycles. The molecule has 0 saturated heterocycles. The van der Waals surface area contributed by atoms with E-state index in [1.54, 1.807) is 33.2 Å². The van der Waals surface area contributed by atoms with Crippen LogP contribution in [0.4, 0.5) is 10.5 Å². The quantitative estimate of drug-likeness (QED) is 0.913. The standard InChI is InChI=1S/C14H17N3O3S/c1-14(2,3)20-13(19)16-7-12(18)17-10-8-21-11-6-15-5-4-9(10)11/h4-6,8H,7H2,1-3H3,(H,16,19)(H,17,18). The highest BCUT2D eigenvalue weighted by molar-refractivity contribution is 7.17. The van der Waals surface area contributed by atoms with Crippen molar-refractivity contribution in [3.8, 4) is 0 Å². The second-order valence-electron chi connectivity index (χ2n) is 5.42. The summed E-state index contributed by atoms with van der Waals surface area (Å²) in [6.07, 6.45) is 2.80. The van der Waals surface area contributed by atoms with E-state index < -0.39 is 11.7 Å². The third kappa shape index (κ3) is 4.42. The maximum atomic E-state index is 11.8.